The number of pyridine rings is 1. The van der Waals surface area contributed by atoms with Gasteiger partial charge >= 0.3 is 0 Å². The highest BCUT2D eigenvalue weighted by molar-refractivity contribution is 6.33. The quantitative estimate of drug-likeness (QED) is 0.890. The Morgan fingerprint density at radius 2 is 2.26 bits per heavy atom. The Labute approximate surface area is 115 Å². The van der Waals surface area contributed by atoms with Crippen molar-refractivity contribution >= 4 is 23.3 Å². The molecule has 2 aromatic rings. The lowest BCUT2D eigenvalue weighted by atomic mass is 10.2. The Morgan fingerprint density at radius 1 is 1.47 bits per heavy atom. The van der Waals surface area contributed by atoms with E-state index in [9.17, 15) is 4.79 Å². The van der Waals surface area contributed by atoms with Crippen LogP contribution in [-0.4, -0.2) is 15.9 Å². The van der Waals surface area contributed by atoms with Gasteiger partial charge in [0.15, 0.2) is 0 Å². The largest absolute Gasteiger partial charge is 0.444 e. The number of carbonyl (C=O) groups is 1. The molecule has 100 valence electrons. The van der Waals surface area contributed by atoms with Crippen LogP contribution in [0.5, 0.6) is 0 Å². The number of hydrogen-bond donors (Lipinski definition) is 2. The number of aromatic nitrogens is 2. The van der Waals surface area contributed by atoms with Crippen molar-refractivity contribution in [2.75, 3.05) is 5.73 Å². The zero-order valence-corrected chi connectivity index (χ0v) is 11.1. The number of anilines is 1. The predicted molar refractivity (Wildman–Crippen MR) is 70.7 cm³/mol. The monoisotopic (exact) mass is 280 g/mol. The first-order chi connectivity index (χ1) is 9.10. The van der Waals surface area contributed by atoms with Crippen molar-refractivity contribution < 1.29 is 9.21 Å². The van der Waals surface area contributed by atoms with Gasteiger partial charge in [0.25, 0.3) is 5.91 Å². The van der Waals surface area contributed by atoms with Gasteiger partial charge in [-0.2, -0.15) is 0 Å². The minimum Gasteiger partial charge on any atom is -0.444 e. The Hall–Kier alpha value is -2.08. The number of oxazole rings is 1. The molecule has 2 aromatic heterocycles. The van der Waals surface area contributed by atoms with E-state index < -0.39 is 0 Å². The zero-order valence-electron chi connectivity index (χ0n) is 10.3. The second kappa shape index (κ2) is 5.71. The molecular weight excluding hydrogens is 268 g/mol. The van der Waals surface area contributed by atoms with Gasteiger partial charge in [-0.1, -0.05) is 18.5 Å². The van der Waals surface area contributed by atoms with E-state index in [1.54, 1.807) is 6.20 Å². The molecule has 0 fully saturated rings. The second-order valence-corrected chi connectivity index (χ2v) is 4.25. The predicted octanol–water partition coefficient (Wildman–Crippen LogP) is 1.80. The van der Waals surface area contributed by atoms with Gasteiger partial charge in [-0.05, 0) is 6.07 Å². The maximum atomic E-state index is 11.8. The fourth-order valence-corrected chi connectivity index (χ4v) is 1.59. The van der Waals surface area contributed by atoms with Gasteiger partial charge in [0.05, 0.1) is 23.3 Å². The van der Waals surface area contributed by atoms with Crippen LogP contribution in [0.1, 0.15) is 28.9 Å². The Morgan fingerprint density at radius 3 is 2.89 bits per heavy atom. The van der Waals surface area contributed by atoms with Crippen LogP contribution in [0, 0.1) is 0 Å². The summed E-state index contributed by atoms with van der Waals surface area (Å²) in [5, 5.41) is 2.91. The lowest BCUT2D eigenvalue weighted by Crippen LogP contribution is -2.23. The van der Waals surface area contributed by atoms with Gasteiger partial charge in [0, 0.05) is 12.6 Å². The Kier molecular flexibility index (Phi) is 4.01. The van der Waals surface area contributed by atoms with Gasteiger partial charge in [0.2, 0.25) is 5.89 Å². The van der Waals surface area contributed by atoms with Crippen LogP contribution in [0.3, 0.4) is 0 Å². The minimum atomic E-state index is -0.314. The van der Waals surface area contributed by atoms with Crippen molar-refractivity contribution in [1.29, 1.82) is 0 Å². The van der Waals surface area contributed by atoms with Crippen molar-refractivity contribution in [3.05, 3.63) is 40.7 Å². The minimum absolute atomic E-state index is 0.193. The van der Waals surface area contributed by atoms with Crippen LogP contribution in [0.15, 0.2) is 22.9 Å². The zero-order chi connectivity index (χ0) is 13.8. The van der Waals surface area contributed by atoms with Gasteiger partial charge in [-0.15, -0.1) is 0 Å². The summed E-state index contributed by atoms with van der Waals surface area (Å²) in [7, 11) is 0. The second-order valence-electron chi connectivity index (χ2n) is 3.85. The molecule has 0 aliphatic carbocycles. The molecule has 19 heavy (non-hydrogen) atoms. The van der Waals surface area contributed by atoms with Crippen LogP contribution >= 0.6 is 11.6 Å². The van der Waals surface area contributed by atoms with Crippen LogP contribution in [-0.2, 0) is 13.0 Å². The molecule has 0 aliphatic rings. The van der Waals surface area contributed by atoms with Crippen LogP contribution in [0.25, 0.3) is 0 Å². The fourth-order valence-electron chi connectivity index (χ4n) is 1.42. The van der Waals surface area contributed by atoms with Crippen LogP contribution < -0.4 is 11.1 Å². The molecule has 6 nitrogen and oxygen atoms in total. The van der Waals surface area contributed by atoms with E-state index >= 15 is 0 Å². The Bertz CT molecular complexity index is 597. The van der Waals surface area contributed by atoms with E-state index in [0.29, 0.717) is 11.5 Å². The van der Waals surface area contributed by atoms with Gasteiger partial charge < -0.3 is 15.5 Å². The number of nitrogen functional groups attached to an aromatic ring is 1. The fraction of sp³-hybridized carbons (Fsp3) is 0.250. The molecule has 3 N–H and O–H groups in total. The third-order valence-corrected chi connectivity index (χ3v) is 2.78. The molecule has 0 aromatic carbocycles. The summed E-state index contributed by atoms with van der Waals surface area (Å²) in [5.41, 5.74) is 5.81. The first-order valence-electron chi connectivity index (χ1n) is 5.73. The van der Waals surface area contributed by atoms with E-state index in [0.717, 1.165) is 12.2 Å². The highest BCUT2D eigenvalue weighted by Gasteiger charge is 2.10. The molecule has 0 atom stereocenters. The molecule has 7 heteroatoms. The number of nitrogens with one attached hydrogen (secondary N) is 1. The number of carbonyl (C=O) groups excluding carboxylic acids is 1. The van der Waals surface area contributed by atoms with Gasteiger partial charge in [-0.3, -0.25) is 4.79 Å². The smallest absolute Gasteiger partial charge is 0.253 e. The average Bonchev–Trinajstić information content (AvgIpc) is 2.87. The van der Waals surface area contributed by atoms with Gasteiger partial charge in [0.1, 0.15) is 11.6 Å². The van der Waals surface area contributed by atoms with Crippen molar-refractivity contribution in [2.45, 2.75) is 19.9 Å². The van der Waals surface area contributed by atoms with E-state index in [1.165, 1.54) is 12.3 Å². The maximum absolute atomic E-state index is 11.8. The van der Waals surface area contributed by atoms with E-state index in [4.69, 9.17) is 21.8 Å². The molecule has 0 saturated carbocycles. The number of rotatable bonds is 4. The first-order valence-corrected chi connectivity index (χ1v) is 6.10. The molecule has 0 unspecified atom stereocenters. The molecule has 0 spiro atoms. The maximum Gasteiger partial charge on any atom is 0.253 e. The molecule has 0 radical (unpaired) electrons. The number of aryl methyl sites for hydroxylation is 1. The van der Waals surface area contributed by atoms with Crippen molar-refractivity contribution in [3.8, 4) is 0 Å². The molecule has 0 aliphatic heterocycles. The number of hydrogen-bond acceptors (Lipinski definition) is 5. The normalized spacial score (nSPS) is 10.4. The van der Waals surface area contributed by atoms with Crippen molar-refractivity contribution in [2.24, 2.45) is 0 Å². The third kappa shape index (κ3) is 3.23. The lowest BCUT2D eigenvalue weighted by molar-refractivity contribution is 0.0946. The number of nitrogens with two attached hydrogens (primary N) is 1. The summed E-state index contributed by atoms with van der Waals surface area (Å²) in [4.78, 5) is 19.7. The average molecular weight is 281 g/mol. The van der Waals surface area contributed by atoms with Gasteiger partial charge in [-0.25, -0.2) is 9.97 Å². The van der Waals surface area contributed by atoms with E-state index in [-0.39, 0.29) is 23.3 Å². The topological polar surface area (TPSA) is 94.0 Å². The SMILES string of the molecule is CCc1cnc(CNC(=O)c2cnc(N)c(Cl)c2)o1. The summed E-state index contributed by atoms with van der Waals surface area (Å²) in [6.45, 7) is 2.17. The Balaban J connectivity index is 1.99. The van der Waals surface area contributed by atoms with Crippen LogP contribution in [0.4, 0.5) is 5.82 Å². The lowest BCUT2D eigenvalue weighted by Gasteiger charge is -2.04. The van der Waals surface area contributed by atoms with Crippen molar-refractivity contribution in [1.82, 2.24) is 15.3 Å². The number of nitrogens with zero attached hydrogens (tertiary/aromatic N) is 2. The molecule has 0 saturated heterocycles. The molecule has 2 rings (SSSR count). The molecule has 2 heterocycles. The summed E-state index contributed by atoms with van der Waals surface area (Å²) in [6.07, 6.45) is 3.77. The van der Waals surface area contributed by atoms with E-state index in [2.05, 4.69) is 15.3 Å². The highest BCUT2D eigenvalue weighted by atomic mass is 35.5. The number of halogens is 1. The summed E-state index contributed by atoms with van der Waals surface area (Å²) in [6, 6.07) is 1.46. The number of amides is 1. The molecular formula is C12H13ClN4O2. The molecule has 1 amide bonds. The summed E-state index contributed by atoms with van der Waals surface area (Å²) in [5.74, 6) is 1.12. The van der Waals surface area contributed by atoms with Crippen molar-refractivity contribution in [3.63, 3.8) is 0 Å². The molecule has 0 bridgehead atoms. The standard InChI is InChI=1S/C12H13ClN4O2/c1-2-8-5-15-10(19-8)6-17-12(18)7-3-9(13)11(14)16-4-7/h3-5H,2,6H2,1H3,(H2,14,16)(H,17,18). The summed E-state index contributed by atoms with van der Waals surface area (Å²) >= 11 is 5.80. The van der Waals surface area contributed by atoms with E-state index in [1.807, 2.05) is 6.92 Å². The summed E-state index contributed by atoms with van der Waals surface area (Å²) < 4.78 is 5.37. The first kappa shape index (κ1) is 13.4. The van der Waals surface area contributed by atoms with Crippen LogP contribution in [0.2, 0.25) is 5.02 Å². The highest BCUT2D eigenvalue weighted by Crippen LogP contribution is 2.16. The third-order valence-electron chi connectivity index (χ3n) is 2.48.